The van der Waals surface area contributed by atoms with E-state index >= 15 is 0 Å². The number of esters is 1. The molecule has 0 aromatic rings. The summed E-state index contributed by atoms with van der Waals surface area (Å²) in [6.45, 7) is 5.14. The standard InChI is InChI=1S/C47H82NO7P/c1-6-8-10-12-14-16-18-20-21-22-23-24-25-26-27-28-29-31-33-35-37-39-42-52-44-46(45-54-56(50,51)53-43-41-48(3,4)5)55-47(49)40-38-36-34-32-30-19-17-15-13-11-9-7-2/h8,10,14-17,20-21,23-24,26-27,29,31,46H,6-7,9,11-13,18-19,22,25,28,30,32-45H2,1-5H3/b10-8-,16-14-,17-15-,21-20-,24-23-,27-26-,31-29-. The second kappa shape index (κ2) is 39.5. The molecule has 2 atom stereocenters. The third kappa shape index (κ3) is 42.8. The van der Waals surface area contributed by atoms with Crippen LogP contribution in [0.15, 0.2) is 85.1 Å². The molecule has 0 bridgehead atoms. The summed E-state index contributed by atoms with van der Waals surface area (Å²) in [5.41, 5.74) is 0. The first kappa shape index (κ1) is 53.7. The molecule has 0 amide bonds. The minimum atomic E-state index is -4.54. The molecule has 0 saturated heterocycles. The smallest absolute Gasteiger partial charge is 0.306 e. The van der Waals surface area contributed by atoms with E-state index in [0.29, 0.717) is 17.6 Å². The van der Waals surface area contributed by atoms with Gasteiger partial charge in [0.2, 0.25) is 0 Å². The largest absolute Gasteiger partial charge is 0.756 e. The Hall–Kier alpha value is -2.32. The zero-order valence-corrected chi connectivity index (χ0v) is 37.2. The summed E-state index contributed by atoms with van der Waals surface area (Å²) in [7, 11) is 1.31. The maximum Gasteiger partial charge on any atom is 0.306 e. The molecule has 0 aliphatic carbocycles. The second-order valence-electron chi connectivity index (χ2n) is 15.3. The van der Waals surface area contributed by atoms with Crippen LogP contribution in [-0.2, 0) is 27.9 Å². The number of carbonyl (C=O) groups is 1. The van der Waals surface area contributed by atoms with Crippen LogP contribution in [0.5, 0.6) is 0 Å². The number of likely N-dealkylation sites (N-methyl/N-ethyl adjacent to an activating group) is 1. The number of unbranched alkanes of at least 4 members (excludes halogenated alkanes) is 11. The molecule has 0 rings (SSSR count). The van der Waals surface area contributed by atoms with Crippen molar-refractivity contribution in [2.45, 2.75) is 155 Å². The van der Waals surface area contributed by atoms with Gasteiger partial charge in [-0.05, 0) is 89.9 Å². The van der Waals surface area contributed by atoms with Crippen molar-refractivity contribution in [3.8, 4) is 0 Å². The fourth-order valence-corrected chi connectivity index (χ4v) is 6.04. The highest BCUT2D eigenvalue weighted by atomic mass is 31.2. The number of phosphoric acid groups is 1. The fraction of sp³-hybridized carbons (Fsp3) is 0.681. The van der Waals surface area contributed by atoms with Crippen molar-refractivity contribution in [2.24, 2.45) is 0 Å². The van der Waals surface area contributed by atoms with Gasteiger partial charge in [0.05, 0.1) is 34.4 Å². The molecule has 0 radical (unpaired) electrons. The van der Waals surface area contributed by atoms with Crippen LogP contribution in [0.25, 0.3) is 0 Å². The topological polar surface area (TPSA) is 94.1 Å². The van der Waals surface area contributed by atoms with Crippen LogP contribution in [0.1, 0.15) is 149 Å². The summed E-state index contributed by atoms with van der Waals surface area (Å²) >= 11 is 0. The maximum absolute atomic E-state index is 12.6. The normalized spacial score (nSPS) is 14.6. The number of quaternary nitrogens is 1. The predicted octanol–water partition coefficient (Wildman–Crippen LogP) is 12.2. The Bertz CT molecular complexity index is 1170. The quantitative estimate of drug-likeness (QED) is 0.0201. The van der Waals surface area contributed by atoms with Gasteiger partial charge in [0.1, 0.15) is 19.3 Å². The lowest BCUT2D eigenvalue weighted by Gasteiger charge is -2.28. The van der Waals surface area contributed by atoms with Crippen LogP contribution in [-0.4, -0.2) is 70.7 Å². The minimum absolute atomic E-state index is 0.0129. The number of nitrogens with zero attached hydrogens (tertiary/aromatic N) is 1. The van der Waals surface area contributed by atoms with E-state index in [9.17, 15) is 14.3 Å². The summed E-state index contributed by atoms with van der Waals surface area (Å²) in [4.78, 5) is 25.0. The maximum atomic E-state index is 12.6. The van der Waals surface area contributed by atoms with Gasteiger partial charge in [-0.3, -0.25) is 9.36 Å². The lowest BCUT2D eigenvalue weighted by molar-refractivity contribution is -0.870. The minimum Gasteiger partial charge on any atom is -0.756 e. The highest BCUT2D eigenvalue weighted by Gasteiger charge is 2.20. The van der Waals surface area contributed by atoms with E-state index in [0.717, 1.165) is 96.3 Å². The van der Waals surface area contributed by atoms with Crippen LogP contribution in [0.2, 0.25) is 0 Å². The SMILES string of the molecule is CC/C=C\C/C=C\C/C=C\C/C=C\C/C=C\C/C=C\CCCCCOCC(COP(=O)([O-])OCC[N+](C)(C)C)OC(=O)CCCCCCC/C=C\CCCCC. The van der Waals surface area contributed by atoms with Crippen LogP contribution in [0.3, 0.4) is 0 Å². The van der Waals surface area contributed by atoms with Crippen molar-refractivity contribution < 1.29 is 37.3 Å². The van der Waals surface area contributed by atoms with Gasteiger partial charge in [-0.25, -0.2) is 0 Å². The highest BCUT2D eigenvalue weighted by Crippen LogP contribution is 2.38. The molecule has 0 aromatic heterocycles. The third-order valence-electron chi connectivity index (χ3n) is 8.68. The second-order valence-corrected chi connectivity index (χ2v) is 16.7. The van der Waals surface area contributed by atoms with E-state index in [1.807, 2.05) is 21.1 Å². The average Bonchev–Trinajstić information content (AvgIpc) is 3.15. The van der Waals surface area contributed by atoms with Gasteiger partial charge in [0, 0.05) is 13.0 Å². The van der Waals surface area contributed by atoms with Crippen molar-refractivity contribution >= 4 is 13.8 Å². The van der Waals surface area contributed by atoms with Crippen molar-refractivity contribution in [2.75, 3.05) is 54.1 Å². The van der Waals surface area contributed by atoms with E-state index in [2.05, 4.69) is 98.9 Å². The monoisotopic (exact) mass is 804 g/mol. The Balaban J connectivity index is 4.31. The molecule has 0 aliphatic heterocycles. The van der Waals surface area contributed by atoms with Gasteiger partial charge < -0.3 is 27.9 Å². The molecule has 0 aliphatic rings. The lowest BCUT2D eigenvalue weighted by atomic mass is 10.1. The summed E-state index contributed by atoms with van der Waals surface area (Å²) in [6, 6.07) is 0. The lowest BCUT2D eigenvalue weighted by Crippen LogP contribution is -2.37. The van der Waals surface area contributed by atoms with E-state index in [1.54, 1.807) is 0 Å². The van der Waals surface area contributed by atoms with Gasteiger partial charge >= 0.3 is 5.97 Å². The Morgan fingerprint density at radius 2 is 1.04 bits per heavy atom. The summed E-state index contributed by atoms with van der Waals surface area (Å²) in [6.07, 6.45) is 51.7. The number of hydrogen-bond acceptors (Lipinski definition) is 7. The van der Waals surface area contributed by atoms with Gasteiger partial charge in [-0.2, -0.15) is 0 Å². The molecule has 0 heterocycles. The molecular weight excluding hydrogens is 721 g/mol. The van der Waals surface area contributed by atoms with Crippen LogP contribution >= 0.6 is 7.82 Å². The Morgan fingerprint density at radius 3 is 1.57 bits per heavy atom. The Kier molecular flexibility index (Phi) is 37.9. The summed E-state index contributed by atoms with van der Waals surface area (Å²) < 4.78 is 34.5. The summed E-state index contributed by atoms with van der Waals surface area (Å²) in [5, 5.41) is 0. The van der Waals surface area contributed by atoms with Crippen LogP contribution in [0.4, 0.5) is 0 Å². The number of rotatable bonds is 39. The molecule has 0 spiro atoms. The first-order chi connectivity index (χ1) is 27.1. The average molecular weight is 804 g/mol. The molecule has 0 aromatic carbocycles. The molecule has 56 heavy (non-hydrogen) atoms. The molecule has 0 saturated carbocycles. The zero-order chi connectivity index (χ0) is 41.3. The van der Waals surface area contributed by atoms with E-state index in [4.69, 9.17) is 18.5 Å². The fourth-order valence-electron chi connectivity index (χ4n) is 5.31. The van der Waals surface area contributed by atoms with Gasteiger partial charge in [0.15, 0.2) is 0 Å². The zero-order valence-electron chi connectivity index (χ0n) is 36.3. The highest BCUT2D eigenvalue weighted by molar-refractivity contribution is 7.45. The summed E-state index contributed by atoms with van der Waals surface area (Å²) in [5.74, 6) is -0.361. The van der Waals surface area contributed by atoms with E-state index in [-0.39, 0.29) is 32.2 Å². The number of allylic oxidation sites excluding steroid dienone is 14. The third-order valence-corrected chi connectivity index (χ3v) is 9.64. The first-order valence-electron chi connectivity index (χ1n) is 21.8. The number of ether oxygens (including phenoxy) is 2. The molecule has 2 unspecified atom stereocenters. The molecule has 0 N–H and O–H groups in total. The molecule has 322 valence electrons. The van der Waals surface area contributed by atoms with Crippen molar-refractivity contribution in [1.82, 2.24) is 0 Å². The number of carbonyl (C=O) groups excluding carboxylic acids is 1. The predicted molar refractivity (Wildman–Crippen MR) is 235 cm³/mol. The first-order valence-corrected chi connectivity index (χ1v) is 23.3. The van der Waals surface area contributed by atoms with Gasteiger partial charge in [0.25, 0.3) is 7.82 Å². The van der Waals surface area contributed by atoms with Crippen LogP contribution < -0.4 is 4.89 Å². The molecule has 8 nitrogen and oxygen atoms in total. The number of phosphoric ester groups is 1. The van der Waals surface area contributed by atoms with Crippen molar-refractivity contribution in [3.05, 3.63) is 85.1 Å². The number of hydrogen-bond donors (Lipinski definition) is 0. The van der Waals surface area contributed by atoms with Gasteiger partial charge in [-0.1, -0.05) is 137 Å². The molecule has 9 heteroatoms. The molecule has 0 fully saturated rings. The van der Waals surface area contributed by atoms with E-state index < -0.39 is 13.9 Å². The molecular formula is C47H82NO7P. The van der Waals surface area contributed by atoms with Crippen molar-refractivity contribution in [3.63, 3.8) is 0 Å². The van der Waals surface area contributed by atoms with Gasteiger partial charge in [-0.15, -0.1) is 0 Å². The van der Waals surface area contributed by atoms with Crippen LogP contribution in [0, 0.1) is 0 Å². The van der Waals surface area contributed by atoms with E-state index in [1.165, 1.54) is 32.1 Å². The Morgan fingerprint density at radius 1 is 0.571 bits per heavy atom. The van der Waals surface area contributed by atoms with Crippen molar-refractivity contribution in [1.29, 1.82) is 0 Å². The Labute approximate surface area is 344 Å².